The van der Waals surface area contributed by atoms with E-state index >= 15 is 0 Å². The molecular formula is C17H27N3O. The van der Waals surface area contributed by atoms with Gasteiger partial charge in [0.15, 0.2) is 0 Å². The fraction of sp³-hybridized carbons (Fsp3) is 0.588. The van der Waals surface area contributed by atoms with E-state index < -0.39 is 0 Å². The molecule has 116 valence electrons. The minimum Gasteiger partial charge on any atom is -0.321 e. The summed E-state index contributed by atoms with van der Waals surface area (Å²) in [5, 5.41) is 2.96. The van der Waals surface area contributed by atoms with Crippen LogP contribution in [0, 0.1) is 6.92 Å². The normalized spacial score (nSPS) is 15.1. The van der Waals surface area contributed by atoms with Crippen LogP contribution >= 0.6 is 0 Å². The van der Waals surface area contributed by atoms with Gasteiger partial charge in [-0.05, 0) is 45.0 Å². The highest BCUT2D eigenvalue weighted by molar-refractivity contribution is 5.89. The average molecular weight is 289 g/mol. The Morgan fingerprint density at radius 3 is 2.29 bits per heavy atom. The van der Waals surface area contributed by atoms with E-state index in [1.807, 2.05) is 36.1 Å². The number of rotatable bonds is 6. The molecule has 0 bridgehead atoms. The number of carbonyl (C=O) groups is 1. The average Bonchev–Trinajstić information content (AvgIpc) is 2.40. The molecule has 0 radical (unpaired) electrons. The summed E-state index contributed by atoms with van der Waals surface area (Å²) in [6.07, 6.45) is 2.35. The molecule has 1 aromatic rings. The summed E-state index contributed by atoms with van der Waals surface area (Å²) in [5.41, 5.74) is 2.07. The summed E-state index contributed by atoms with van der Waals surface area (Å²) in [6.45, 7) is 10.4. The second-order valence-corrected chi connectivity index (χ2v) is 5.89. The molecule has 21 heavy (non-hydrogen) atoms. The molecule has 1 aliphatic rings. The van der Waals surface area contributed by atoms with Crippen LogP contribution in [0.2, 0.25) is 0 Å². The van der Waals surface area contributed by atoms with Crippen LogP contribution in [-0.2, 0) is 0 Å². The summed E-state index contributed by atoms with van der Waals surface area (Å²) in [5.74, 6) is 0. The second-order valence-electron chi connectivity index (χ2n) is 5.89. The molecule has 1 fully saturated rings. The SMILES string of the molecule is CCCN(CCC)C1CN(C(=O)Nc2ccc(C)cc2)C1. The predicted octanol–water partition coefficient (Wildman–Crippen LogP) is 3.33. The van der Waals surface area contributed by atoms with Crippen molar-refractivity contribution in [2.45, 2.75) is 39.7 Å². The van der Waals surface area contributed by atoms with Crippen LogP contribution < -0.4 is 5.32 Å². The molecule has 0 saturated carbocycles. The lowest BCUT2D eigenvalue weighted by molar-refractivity contribution is 0.0614. The lowest BCUT2D eigenvalue weighted by atomic mass is 10.1. The van der Waals surface area contributed by atoms with Gasteiger partial charge in [0.1, 0.15) is 0 Å². The molecule has 0 aromatic heterocycles. The summed E-state index contributed by atoms with van der Waals surface area (Å²) >= 11 is 0. The van der Waals surface area contributed by atoms with E-state index in [-0.39, 0.29) is 6.03 Å². The molecule has 0 unspecified atom stereocenters. The quantitative estimate of drug-likeness (QED) is 0.872. The van der Waals surface area contributed by atoms with Gasteiger partial charge in [-0.1, -0.05) is 31.5 Å². The first-order valence-electron chi connectivity index (χ1n) is 8.00. The maximum Gasteiger partial charge on any atom is 0.321 e. The molecule has 1 aliphatic heterocycles. The van der Waals surface area contributed by atoms with Crippen molar-refractivity contribution in [3.8, 4) is 0 Å². The fourth-order valence-electron chi connectivity index (χ4n) is 2.74. The van der Waals surface area contributed by atoms with Crippen LogP contribution in [0.15, 0.2) is 24.3 Å². The Morgan fingerprint density at radius 1 is 1.19 bits per heavy atom. The van der Waals surface area contributed by atoms with Gasteiger partial charge in [0, 0.05) is 24.8 Å². The Labute approximate surface area is 128 Å². The maximum atomic E-state index is 12.2. The Bertz CT molecular complexity index is 446. The van der Waals surface area contributed by atoms with Crippen molar-refractivity contribution < 1.29 is 4.79 Å². The third-order valence-electron chi connectivity index (χ3n) is 3.99. The number of aryl methyl sites for hydroxylation is 1. The molecule has 0 atom stereocenters. The molecule has 0 aliphatic carbocycles. The summed E-state index contributed by atoms with van der Waals surface area (Å²) in [6, 6.07) is 8.48. The van der Waals surface area contributed by atoms with Crippen molar-refractivity contribution in [1.29, 1.82) is 0 Å². The van der Waals surface area contributed by atoms with E-state index in [1.165, 1.54) is 18.4 Å². The van der Waals surface area contributed by atoms with Crippen LogP contribution in [0.1, 0.15) is 32.3 Å². The Balaban J connectivity index is 1.80. The largest absolute Gasteiger partial charge is 0.321 e. The van der Waals surface area contributed by atoms with E-state index in [9.17, 15) is 4.79 Å². The number of hydrogen-bond acceptors (Lipinski definition) is 2. The van der Waals surface area contributed by atoms with E-state index in [0.29, 0.717) is 6.04 Å². The zero-order valence-electron chi connectivity index (χ0n) is 13.4. The topological polar surface area (TPSA) is 35.6 Å². The van der Waals surface area contributed by atoms with Gasteiger partial charge in [-0.3, -0.25) is 4.90 Å². The molecule has 4 heteroatoms. The van der Waals surface area contributed by atoms with Gasteiger partial charge in [0.2, 0.25) is 0 Å². The molecule has 1 saturated heterocycles. The molecule has 1 aromatic carbocycles. The first-order chi connectivity index (χ1) is 10.1. The second kappa shape index (κ2) is 7.46. The van der Waals surface area contributed by atoms with Gasteiger partial charge in [0.05, 0.1) is 0 Å². The predicted molar refractivity (Wildman–Crippen MR) is 87.7 cm³/mol. The molecule has 0 spiro atoms. The number of hydrogen-bond donors (Lipinski definition) is 1. The van der Waals surface area contributed by atoms with Crippen LogP contribution in [0.4, 0.5) is 10.5 Å². The standard InChI is InChI=1S/C17H27N3O/c1-4-10-19(11-5-2)16-12-20(13-16)17(21)18-15-8-6-14(3)7-9-15/h6-9,16H,4-5,10-13H2,1-3H3,(H,18,21). The van der Waals surface area contributed by atoms with Crippen LogP contribution in [0.25, 0.3) is 0 Å². The van der Waals surface area contributed by atoms with Crippen molar-refractivity contribution in [3.63, 3.8) is 0 Å². The van der Waals surface area contributed by atoms with Crippen molar-refractivity contribution in [2.24, 2.45) is 0 Å². The zero-order valence-corrected chi connectivity index (χ0v) is 13.4. The minimum atomic E-state index is 0.0167. The number of nitrogens with one attached hydrogen (secondary N) is 1. The molecular weight excluding hydrogens is 262 g/mol. The van der Waals surface area contributed by atoms with Gasteiger partial charge in [-0.15, -0.1) is 0 Å². The number of anilines is 1. The van der Waals surface area contributed by atoms with Crippen LogP contribution in [0.5, 0.6) is 0 Å². The Kier molecular flexibility index (Phi) is 5.62. The number of amides is 2. The summed E-state index contributed by atoms with van der Waals surface area (Å²) < 4.78 is 0. The summed E-state index contributed by atoms with van der Waals surface area (Å²) in [7, 11) is 0. The van der Waals surface area contributed by atoms with Crippen molar-refractivity contribution in [1.82, 2.24) is 9.80 Å². The minimum absolute atomic E-state index is 0.0167. The van der Waals surface area contributed by atoms with Crippen molar-refractivity contribution in [3.05, 3.63) is 29.8 Å². The highest BCUT2D eigenvalue weighted by atomic mass is 16.2. The molecule has 1 N–H and O–H groups in total. The third-order valence-corrected chi connectivity index (χ3v) is 3.99. The monoisotopic (exact) mass is 289 g/mol. The van der Waals surface area contributed by atoms with E-state index in [4.69, 9.17) is 0 Å². The van der Waals surface area contributed by atoms with Crippen molar-refractivity contribution >= 4 is 11.7 Å². The van der Waals surface area contributed by atoms with Crippen molar-refractivity contribution in [2.75, 3.05) is 31.5 Å². The molecule has 4 nitrogen and oxygen atoms in total. The number of nitrogens with zero attached hydrogens (tertiary/aromatic N) is 2. The number of benzene rings is 1. The van der Waals surface area contributed by atoms with Gasteiger partial charge in [-0.2, -0.15) is 0 Å². The number of carbonyl (C=O) groups excluding carboxylic acids is 1. The number of urea groups is 1. The molecule has 1 heterocycles. The van der Waals surface area contributed by atoms with Gasteiger partial charge < -0.3 is 10.2 Å². The maximum absolute atomic E-state index is 12.2. The first-order valence-corrected chi connectivity index (χ1v) is 8.00. The highest BCUT2D eigenvalue weighted by Crippen LogP contribution is 2.18. The van der Waals surface area contributed by atoms with E-state index in [1.54, 1.807) is 0 Å². The Morgan fingerprint density at radius 2 is 1.76 bits per heavy atom. The van der Waals surface area contributed by atoms with Crippen LogP contribution in [0.3, 0.4) is 0 Å². The third kappa shape index (κ3) is 4.21. The molecule has 2 rings (SSSR count). The fourth-order valence-corrected chi connectivity index (χ4v) is 2.74. The van der Waals surface area contributed by atoms with Gasteiger partial charge in [-0.25, -0.2) is 4.79 Å². The smallest absolute Gasteiger partial charge is 0.321 e. The lowest BCUT2D eigenvalue weighted by Gasteiger charge is -2.45. The van der Waals surface area contributed by atoms with E-state index in [0.717, 1.165) is 31.9 Å². The Hall–Kier alpha value is -1.55. The van der Waals surface area contributed by atoms with Crippen LogP contribution in [-0.4, -0.2) is 48.1 Å². The number of likely N-dealkylation sites (tertiary alicyclic amines) is 1. The van der Waals surface area contributed by atoms with E-state index in [2.05, 4.69) is 24.1 Å². The lowest BCUT2D eigenvalue weighted by Crippen LogP contribution is -2.62. The van der Waals surface area contributed by atoms with Gasteiger partial charge in [0.25, 0.3) is 0 Å². The zero-order chi connectivity index (χ0) is 15.2. The first kappa shape index (κ1) is 15.8. The van der Waals surface area contributed by atoms with Gasteiger partial charge >= 0.3 is 6.03 Å². The summed E-state index contributed by atoms with van der Waals surface area (Å²) in [4.78, 5) is 16.6. The highest BCUT2D eigenvalue weighted by Gasteiger charge is 2.34. The molecule has 2 amide bonds.